The smallest absolute Gasteiger partial charge is 0.226 e. The van der Waals surface area contributed by atoms with Crippen molar-refractivity contribution in [2.45, 2.75) is 51.5 Å². The molecule has 186 valence electrons. The Morgan fingerprint density at radius 2 is 1.85 bits per heavy atom. The molecule has 0 aromatic carbocycles. The van der Waals surface area contributed by atoms with E-state index in [2.05, 4.69) is 35.9 Å². The highest BCUT2D eigenvalue weighted by Crippen LogP contribution is 2.44. The summed E-state index contributed by atoms with van der Waals surface area (Å²) in [7, 11) is -1.25. The molecule has 3 aliphatic rings. The van der Waals surface area contributed by atoms with E-state index < -0.39 is 10.0 Å². The lowest BCUT2D eigenvalue weighted by molar-refractivity contribution is 0.0622. The van der Waals surface area contributed by atoms with Gasteiger partial charge in [0.25, 0.3) is 0 Å². The van der Waals surface area contributed by atoms with Crippen LogP contribution in [-0.2, 0) is 10.0 Å². The van der Waals surface area contributed by atoms with Gasteiger partial charge in [-0.3, -0.25) is 0 Å². The predicted octanol–water partition coefficient (Wildman–Crippen LogP) is 2.47. The number of anilines is 2. The second kappa shape index (κ2) is 9.54. The average Bonchev–Trinajstić information content (AvgIpc) is 2.83. The summed E-state index contributed by atoms with van der Waals surface area (Å²) in [5, 5.41) is 4.08. The zero-order valence-corrected chi connectivity index (χ0v) is 21.1. The van der Waals surface area contributed by atoms with Crippen molar-refractivity contribution >= 4 is 32.8 Å². The van der Waals surface area contributed by atoms with Gasteiger partial charge in [0, 0.05) is 44.3 Å². The molecular formula is C24H37N7O2S. The van der Waals surface area contributed by atoms with E-state index in [1.807, 2.05) is 13.1 Å². The molecule has 2 N–H and O–H groups in total. The number of hydrogen-bond donors (Lipinski definition) is 2. The molecule has 0 amide bonds. The lowest BCUT2D eigenvalue weighted by Gasteiger charge is -2.55. The number of rotatable bonds is 7. The van der Waals surface area contributed by atoms with Crippen molar-refractivity contribution < 1.29 is 8.42 Å². The normalized spacial score (nSPS) is 25.4. The lowest BCUT2D eigenvalue weighted by atomic mass is 9.71. The predicted molar refractivity (Wildman–Crippen MR) is 136 cm³/mol. The van der Waals surface area contributed by atoms with Crippen molar-refractivity contribution in [2.75, 3.05) is 55.7 Å². The highest BCUT2D eigenvalue weighted by atomic mass is 32.2. The van der Waals surface area contributed by atoms with Crippen LogP contribution in [0.1, 0.15) is 45.4 Å². The fourth-order valence-electron chi connectivity index (χ4n) is 5.90. The molecule has 2 aromatic heterocycles. The van der Waals surface area contributed by atoms with E-state index in [0.29, 0.717) is 17.3 Å². The monoisotopic (exact) mass is 487 g/mol. The van der Waals surface area contributed by atoms with E-state index in [1.54, 1.807) is 13.1 Å². The Morgan fingerprint density at radius 1 is 1.12 bits per heavy atom. The second-order valence-electron chi connectivity index (χ2n) is 10.4. The first kappa shape index (κ1) is 23.7. The number of aromatic nitrogens is 3. The van der Waals surface area contributed by atoms with E-state index in [1.165, 1.54) is 12.8 Å². The van der Waals surface area contributed by atoms with E-state index >= 15 is 0 Å². The van der Waals surface area contributed by atoms with Crippen molar-refractivity contribution in [3.63, 3.8) is 0 Å². The first-order valence-electron chi connectivity index (χ1n) is 12.7. The van der Waals surface area contributed by atoms with Gasteiger partial charge in [-0.2, -0.15) is 9.97 Å². The maximum absolute atomic E-state index is 11.8. The van der Waals surface area contributed by atoms with Gasteiger partial charge in [-0.25, -0.2) is 18.1 Å². The number of nitrogens with one attached hydrogen (secondary N) is 2. The topological polar surface area (TPSA) is 103 Å². The number of hydrogen-bond acceptors (Lipinski definition) is 8. The van der Waals surface area contributed by atoms with E-state index in [0.717, 1.165) is 75.3 Å². The molecule has 2 aromatic rings. The van der Waals surface area contributed by atoms with Crippen LogP contribution in [0.15, 0.2) is 18.3 Å². The molecule has 1 spiro atoms. The minimum Gasteiger partial charge on any atom is -0.357 e. The highest BCUT2D eigenvalue weighted by Gasteiger charge is 2.46. The third-order valence-corrected chi connectivity index (χ3v) is 9.49. The number of likely N-dealkylation sites (tertiary alicyclic amines) is 1. The van der Waals surface area contributed by atoms with E-state index in [9.17, 15) is 8.42 Å². The van der Waals surface area contributed by atoms with Crippen molar-refractivity contribution in [1.82, 2.24) is 24.6 Å². The Kier molecular flexibility index (Phi) is 6.65. The van der Waals surface area contributed by atoms with Gasteiger partial charge in [0.05, 0.1) is 11.1 Å². The number of fused-ring (bicyclic) bond motifs is 1. The van der Waals surface area contributed by atoms with Crippen LogP contribution in [0, 0.1) is 11.3 Å². The summed E-state index contributed by atoms with van der Waals surface area (Å²) in [5.74, 6) is 2.47. The summed E-state index contributed by atoms with van der Waals surface area (Å²) in [6.45, 7) is 7.27. The second-order valence-corrected chi connectivity index (χ2v) is 12.4. The minimum absolute atomic E-state index is 0.128. The van der Waals surface area contributed by atoms with Crippen LogP contribution in [-0.4, -0.2) is 79.8 Å². The van der Waals surface area contributed by atoms with Gasteiger partial charge in [-0.05, 0) is 76.6 Å². The van der Waals surface area contributed by atoms with Crippen LogP contribution in [0.5, 0.6) is 0 Å². The standard InChI is InChI=1S/C24H37N7O2S/c1-3-34(32,33)29-19-8-6-18(7-9-19)15-30-13-10-24(11-14-30)16-31(17-24)22-20-5-4-12-26-21(20)27-23(25-2)28-22/h4-5,12,18-19,29H,3,6-11,13-17H2,1-2H3,(H,25,26,27,28). The summed E-state index contributed by atoms with van der Waals surface area (Å²) in [6.07, 6.45) is 8.41. The SMILES string of the molecule is CCS(=O)(=O)NC1CCC(CN2CCC3(CC2)CN(c2nc(NC)nc4ncccc24)C3)CC1. The van der Waals surface area contributed by atoms with Gasteiger partial charge in [-0.1, -0.05) is 0 Å². The van der Waals surface area contributed by atoms with E-state index in [-0.39, 0.29) is 11.8 Å². The summed E-state index contributed by atoms with van der Waals surface area (Å²) >= 11 is 0. The zero-order chi connectivity index (χ0) is 23.8. The molecule has 0 atom stereocenters. The van der Waals surface area contributed by atoms with Crippen molar-refractivity contribution in [3.05, 3.63) is 18.3 Å². The molecule has 5 rings (SSSR count). The Labute approximate surface area is 202 Å². The average molecular weight is 488 g/mol. The fourth-order valence-corrected chi connectivity index (χ4v) is 6.81. The molecule has 1 saturated carbocycles. The first-order valence-corrected chi connectivity index (χ1v) is 14.3. The van der Waals surface area contributed by atoms with Gasteiger partial charge in [0.2, 0.25) is 16.0 Å². The molecular weight excluding hydrogens is 450 g/mol. The van der Waals surface area contributed by atoms with Gasteiger partial charge in [0.15, 0.2) is 5.65 Å². The number of nitrogens with zero attached hydrogens (tertiary/aromatic N) is 5. The van der Waals surface area contributed by atoms with Crippen LogP contribution >= 0.6 is 0 Å². The third kappa shape index (κ3) is 4.99. The molecule has 3 fully saturated rings. The van der Waals surface area contributed by atoms with Gasteiger partial charge < -0.3 is 15.1 Å². The summed E-state index contributed by atoms with van der Waals surface area (Å²) < 4.78 is 26.5. The molecule has 2 saturated heterocycles. The van der Waals surface area contributed by atoms with Crippen molar-refractivity contribution in [1.29, 1.82) is 0 Å². The van der Waals surface area contributed by atoms with Crippen molar-refractivity contribution in [2.24, 2.45) is 11.3 Å². The molecule has 0 bridgehead atoms. The molecule has 0 unspecified atom stereocenters. The maximum atomic E-state index is 11.8. The van der Waals surface area contributed by atoms with Crippen LogP contribution in [0.4, 0.5) is 11.8 Å². The Morgan fingerprint density at radius 3 is 2.53 bits per heavy atom. The van der Waals surface area contributed by atoms with Crippen LogP contribution in [0.2, 0.25) is 0 Å². The lowest BCUT2D eigenvalue weighted by Crippen LogP contribution is -2.61. The highest BCUT2D eigenvalue weighted by molar-refractivity contribution is 7.89. The Balaban J connectivity index is 1.11. The van der Waals surface area contributed by atoms with Gasteiger partial charge in [-0.15, -0.1) is 0 Å². The molecule has 9 nitrogen and oxygen atoms in total. The molecule has 0 radical (unpaired) electrons. The molecule has 4 heterocycles. The van der Waals surface area contributed by atoms with E-state index in [4.69, 9.17) is 4.98 Å². The van der Waals surface area contributed by atoms with Crippen LogP contribution in [0.25, 0.3) is 11.0 Å². The fraction of sp³-hybridized carbons (Fsp3) is 0.708. The number of pyridine rings is 1. The molecule has 10 heteroatoms. The van der Waals surface area contributed by atoms with Gasteiger partial charge in [0.1, 0.15) is 5.82 Å². The zero-order valence-electron chi connectivity index (χ0n) is 20.3. The molecule has 34 heavy (non-hydrogen) atoms. The molecule has 2 aliphatic heterocycles. The third-order valence-electron chi connectivity index (χ3n) is 8.03. The quantitative estimate of drug-likeness (QED) is 0.614. The summed E-state index contributed by atoms with van der Waals surface area (Å²) in [4.78, 5) is 18.7. The molecule has 1 aliphatic carbocycles. The maximum Gasteiger partial charge on any atom is 0.226 e. The summed E-state index contributed by atoms with van der Waals surface area (Å²) in [6, 6.07) is 4.14. The van der Waals surface area contributed by atoms with Crippen LogP contribution < -0.4 is 14.9 Å². The van der Waals surface area contributed by atoms with Gasteiger partial charge >= 0.3 is 0 Å². The van der Waals surface area contributed by atoms with Crippen molar-refractivity contribution in [3.8, 4) is 0 Å². The Bertz CT molecular complexity index is 1100. The largest absolute Gasteiger partial charge is 0.357 e. The summed E-state index contributed by atoms with van der Waals surface area (Å²) in [5.41, 5.74) is 1.14. The number of sulfonamides is 1. The minimum atomic E-state index is -3.09. The first-order chi connectivity index (χ1) is 16.4. The van der Waals surface area contributed by atoms with Crippen LogP contribution in [0.3, 0.4) is 0 Å². The Hall–Kier alpha value is -2.04. The number of piperidine rings is 1.